The number of alkyl halides is 3. The van der Waals surface area contributed by atoms with E-state index < -0.39 is 46.5 Å². The Morgan fingerprint density at radius 3 is 2.48 bits per heavy atom. The topological polar surface area (TPSA) is 158 Å². The molecule has 0 bridgehead atoms. The normalized spacial score (nSPS) is 16.0. The first-order valence-corrected chi connectivity index (χ1v) is 14.9. The molecule has 0 spiro atoms. The standard InChI is InChI=1S/C27H29F3N6O7S/c1-3-25(37)42-17-43-33-36(39)34-14-4-5-20(16-34)26(38)32-44(40,41)22-12-10-21(11-13-22)35-23(15-24(31-35)27(28,29)30)19-8-6-18(2)7-9-19/h6-13,15,20H,3-5,14,16-17H2,1-2H3,(H,32,38). The van der Waals surface area contributed by atoms with Crippen molar-refractivity contribution in [2.24, 2.45) is 11.2 Å². The van der Waals surface area contributed by atoms with Crippen molar-refractivity contribution in [2.75, 3.05) is 19.9 Å². The number of rotatable bonds is 10. The number of aryl methyl sites for hydroxylation is 1. The van der Waals surface area contributed by atoms with Gasteiger partial charge in [-0.25, -0.2) is 17.8 Å². The van der Waals surface area contributed by atoms with E-state index in [0.29, 0.717) is 18.4 Å². The summed E-state index contributed by atoms with van der Waals surface area (Å²) in [6, 6.07) is 12.6. The van der Waals surface area contributed by atoms with Gasteiger partial charge in [0.1, 0.15) is 0 Å². The van der Waals surface area contributed by atoms with Crippen LogP contribution in [-0.2, 0) is 35.4 Å². The number of hydrazine groups is 1. The molecule has 1 N–H and O–H groups in total. The highest BCUT2D eigenvalue weighted by Crippen LogP contribution is 2.33. The summed E-state index contributed by atoms with van der Waals surface area (Å²) in [6.45, 7) is 2.90. The van der Waals surface area contributed by atoms with Crippen molar-refractivity contribution in [3.05, 3.63) is 71.1 Å². The van der Waals surface area contributed by atoms with Gasteiger partial charge in [-0.1, -0.05) is 36.8 Å². The van der Waals surface area contributed by atoms with Crippen LogP contribution < -0.4 is 4.72 Å². The molecule has 1 amide bonds. The van der Waals surface area contributed by atoms with E-state index in [1.807, 2.05) is 11.6 Å². The molecule has 3 aromatic rings. The first-order chi connectivity index (χ1) is 20.8. The lowest BCUT2D eigenvalue weighted by molar-refractivity contribution is -0.714. The van der Waals surface area contributed by atoms with Gasteiger partial charge in [0.2, 0.25) is 11.2 Å². The maximum atomic E-state index is 13.5. The molecule has 0 aliphatic carbocycles. The highest BCUT2D eigenvalue weighted by atomic mass is 32.2. The van der Waals surface area contributed by atoms with Crippen LogP contribution in [0.25, 0.3) is 16.9 Å². The summed E-state index contributed by atoms with van der Waals surface area (Å²) < 4.78 is 74.2. The third-order valence-corrected chi connectivity index (χ3v) is 8.04. The molecule has 1 saturated heterocycles. The summed E-state index contributed by atoms with van der Waals surface area (Å²) >= 11 is 0. The van der Waals surface area contributed by atoms with E-state index >= 15 is 0 Å². The predicted octanol–water partition coefficient (Wildman–Crippen LogP) is 4.10. The van der Waals surface area contributed by atoms with Crippen LogP contribution in [0.1, 0.15) is 37.4 Å². The number of carbonyl (C=O) groups is 2. The van der Waals surface area contributed by atoms with E-state index in [-0.39, 0.29) is 40.8 Å². The fourth-order valence-corrected chi connectivity index (χ4v) is 5.38. The summed E-state index contributed by atoms with van der Waals surface area (Å²) in [4.78, 5) is 28.4. The largest absolute Gasteiger partial charge is 0.569 e. The second-order valence-electron chi connectivity index (χ2n) is 9.86. The molecule has 1 aliphatic rings. The number of amides is 1. The van der Waals surface area contributed by atoms with Gasteiger partial charge >= 0.3 is 12.1 Å². The maximum Gasteiger partial charge on any atom is 0.435 e. The molecule has 1 aliphatic heterocycles. The van der Waals surface area contributed by atoms with Crippen molar-refractivity contribution >= 4 is 21.9 Å². The number of esters is 1. The van der Waals surface area contributed by atoms with Gasteiger partial charge in [-0.15, -0.1) is 5.01 Å². The zero-order valence-corrected chi connectivity index (χ0v) is 24.5. The molecular weight excluding hydrogens is 609 g/mol. The molecule has 4 rings (SSSR count). The zero-order chi connectivity index (χ0) is 32.1. The van der Waals surface area contributed by atoms with Crippen molar-refractivity contribution < 1.29 is 45.7 Å². The molecule has 1 unspecified atom stereocenters. The van der Waals surface area contributed by atoms with Crippen LogP contribution in [0.15, 0.2) is 64.8 Å². The molecule has 17 heteroatoms. The Morgan fingerprint density at radius 2 is 1.84 bits per heavy atom. The number of carbonyl (C=O) groups excluding carboxylic acids is 2. The monoisotopic (exact) mass is 638 g/mol. The summed E-state index contributed by atoms with van der Waals surface area (Å²) in [7, 11) is -4.37. The van der Waals surface area contributed by atoms with E-state index in [4.69, 9.17) is 0 Å². The molecule has 0 saturated carbocycles. The van der Waals surface area contributed by atoms with Gasteiger partial charge in [-0.2, -0.15) is 18.3 Å². The number of hydrogen-bond donors (Lipinski definition) is 1. The lowest BCUT2D eigenvalue weighted by atomic mass is 9.99. The first kappa shape index (κ1) is 32.2. The second-order valence-corrected chi connectivity index (χ2v) is 11.5. The SMILES string of the molecule is CCC(=O)OCON=[N+]([O-])N1CCCC(C(=O)NS(=O)(=O)c2ccc(-n3nc(C(F)(F)F)cc3-c3ccc(C)cc3)cc2)C1. The van der Waals surface area contributed by atoms with Crippen molar-refractivity contribution in [3.63, 3.8) is 0 Å². The van der Waals surface area contributed by atoms with Crippen LogP contribution in [0.2, 0.25) is 0 Å². The number of piperidine rings is 1. The Labute approximate surface area is 250 Å². The van der Waals surface area contributed by atoms with Crippen LogP contribution in [0.4, 0.5) is 13.2 Å². The fraction of sp³-hybridized carbons (Fsp3) is 0.370. The molecule has 0 radical (unpaired) electrons. The number of aromatic nitrogens is 2. The highest BCUT2D eigenvalue weighted by Gasteiger charge is 2.36. The Morgan fingerprint density at radius 1 is 1.16 bits per heavy atom. The van der Waals surface area contributed by atoms with Crippen molar-refractivity contribution in [2.45, 2.75) is 44.2 Å². The predicted molar refractivity (Wildman–Crippen MR) is 147 cm³/mol. The zero-order valence-electron chi connectivity index (χ0n) is 23.7. The number of halogens is 3. The first-order valence-electron chi connectivity index (χ1n) is 13.4. The van der Waals surface area contributed by atoms with E-state index in [1.165, 1.54) is 12.1 Å². The number of sulfonamides is 1. The lowest BCUT2D eigenvalue weighted by Gasteiger charge is -2.27. The molecular formula is C27H29F3N6O7S. The molecule has 2 heterocycles. The average Bonchev–Trinajstić information content (AvgIpc) is 3.46. The Balaban J connectivity index is 1.46. The van der Waals surface area contributed by atoms with Crippen molar-refractivity contribution in [3.8, 4) is 16.9 Å². The summed E-state index contributed by atoms with van der Waals surface area (Å²) in [5.74, 6) is -2.29. The Hall–Kier alpha value is -4.67. The quantitative estimate of drug-likeness (QED) is 0.0862. The van der Waals surface area contributed by atoms with Crippen molar-refractivity contribution in [1.29, 1.82) is 0 Å². The minimum absolute atomic E-state index is 0.0940. The van der Waals surface area contributed by atoms with Crippen molar-refractivity contribution in [1.82, 2.24) is 19.5 Å². The lowest BCUT2D eigenvalue weighted by Crippen LogP contribution is -2.46. The molecule has 1 aromatic heterocycles. The van der Waals surface area contributed by atoms with Gasteiger partial charge in [-0.05, 0) is 50.1 Å². The number of nitrogens with one attached hydrogen (secondary N) is 1. The van der Waals surface area contributed by atoms with Crippen LogP contribution in [-0.4, -0.2) is 59.9 Å². The van der Waals surface area contributed by atoms with E-state index in [9.17, 15) is 36.4 Å². The van der Waals surface area contributed by atoms with Crippen LogP contribution in [0.3, 0.4) is 0 Å². The summed E-state index contributed by atoms with van der Waals surface area (Å²) in [6.07, 6.45) is -3.93. The van der Waals surface area contributed by atoms with Gasteiger partial charge in [0, 0.05) is 12.0 Å². The molecule has 44 heavy (non-hydrogen) atoms. The van der Waals surface area contributed by atoms with E-state index in [1.54, 1.807) is 31.2 Å². The molecule has 1 fully saturated rings. The molecule has 1 atom stereocenters. The second kappa shape index (κ2) is 13.3. The smallest absolute Gasteiger partial charge is 0.435 e. The number of nitrogens with zero attached hydrogens (tertiary/aromatic N) is 5. The molecule has 236 valence electrons. The van der Waals surface area contributed by atoms with Crippen LogP contribution in [0, 0.1) is 18.0 Å². The number of benzene rings is 2. The highest BCUT2D eigenvalue weighted by molar-refractivity contribution is 7.90. The van der Waals surface area contributed by atoms with E-state index in [0.717, 1.165) is 33.5 Å². The van der Waals surface area contributed by atoms with Gasteiger partial charge in [0.05, 0.1) is 40.3 Å². The van der Waals surface area contributed by atoms with Gasteiger partial charge in [0.15, 0.2) is 5.69 Å². The third-order valence-electron chi connectivity index (χ3n) is 6.68. The van der Waals surface area contributed by atoms with Gasteiger partial charge in [0.25, 0.3) is 16.8 Å². The molecule has 13 nitrogen and oxygen atoms in total. The third kappa shape index (κ3) is 7.83. The average molecular weight is 639 g/mol. The maximum absolute atomic E-state index is 13.5. The summed E-state index contributed by atoms with van der Waals surface area (Å²) in [5.41, 5.74) is 0.578. The van der Waals surface area contributed by atoms with Gasteiger partial charge < -0.3 is 14.8 Å². The minimum Gasteiger partial charge on any atom is -0.569 e. The fourth-order valence-electron chi connectivity index (χ4n) is 4.33. The molecule has 2 aromatic carbocycles. The Bertz CT molecular complexity index is 1620. The Kier molecular flexibility index (Phi) is 9.76. The number of hydrogen-bond acceptors (Lipinski definition) is 9. The number of ether oxygens (including phenoxy) is 1. The van der Waals surface area contributed by atoms with Crippen LogP contribution >= 0.6 is 0 Å². The summed E-state index contributed by atoms with van der Waals surface area (Å²) in [5, 5.41) is 20.3. The van der Waals surface area contributed by atoms with Crippen LogP contribution in [0.5, 0.6) is 0 Å². The van der Waals surface area contributed by atoms with E-state index in [2.05, 4.69) is 20.0 Å². The van der Waals surface area contributed by atoms with Gasteiger partial charge in [-0.3, -0.25) is 9.59 Å². The minimum atomic E-state index is -4.71.